The second kappa shape index (κ2) is 7.90. The van der Waals surface area contributed by atoms with E-state index in [9.17, 15) is 8.78 Å². The maximum absolute atomic E-state index is 12.8. The summed E-state index contributed by atoms with van der Waals surface area (Å²) < 4.78 is 33.0. The van der Waals surface area contributed by atoms with Crippen LogP contribution in [0.1, 0.15) is 17.9 Å². The van der Waals surface area contributed by atoms with Crippen molar-refractivity contribution in [2.75, 3.05) is 18.1 Å². The van der Waals surface area contributed by atoms with E-state index >= 15 is 0 Å². The van der Waals surface area contributed by atoms with Crippen molar-refractivity contribution in [3.8, 4) is 17.1 Å². The van der Waals surface area contributed by atoms with Gasteiger partial charge >= 0.3 is 0 Å². The zero-order valence-electron chi connectivity index (χ0n) is 16.1. The van der Waals surface area contributed by atoms with E-state index in [4.69, 9.17) is 21.2 Å². The van der Waals surface area contributed by atoms with Crippen molar-refractivity contribution in [3.05, 3.63) is 54.0 Å². The number of hydrogen-bond acceptors (Lipinski definition) is 7. The van der Waals surface area contributed by atoms with Gasteiger partial charge in [-0.2, -0.15) is 0 Å². The normalized spacial score (nSPS) is 11.3. The number of aryl methyl sites for hydroxylation is 1. The molecule has 0 aliphatic carbocycles. The van der Waals surface area contributed by atoms with Gasteiger partial charge in [0, 0.05) is 11.6 Å². The van der Waals surface area contributed by atoms with E-state index in [1.165, 1.54) is 12.1 Å². The SMILES string of the molecule is Cc1nc2ccc(-c3cc(N)nc(N)c3)nc2n1CCOc1cccc(C(F)F)n1. The third kappa shape index (κ3) is 3.97. The molecular weight excluding hydrogens is 392 g/mol. The molecule has 4 N–H and O–H groups in total. The molecule has 0 spiro atoms. The van der Waals surface area contributed by atoms with Crippen LogP contribution in [-0.2, 0) is 6.54 Å². The van der Waals surface area contributed by atoms with Crippen LogP contribution in [0, 0.1) is 6.92 Å². The maximum atomic E-state index is 12.8. The Hall–Kier alpha value is -3.82. The number of nitrogens with zero attached hydrogens (tertiary/aromatic N) is 5. The predicted octanol–water partition coefficient (Wildman–Crippen LogP) is 3.38. The fourth-order valence-electron chi connectivity index (χ4n) is 3.14. The van der Waals surface area contributed by atoms with Crippen molar-refractivity contribution < 1.29 is 13.5 Å². The van der Waals surface area contributed by atoms with Gasteiger partial charge in [0.15, 0.2) is 5.65 Å². The zero-order valence-corrected chi connectivity index (χ0v) is 16.1. The minimum absolute atomic E-state index is 0.145. The highest BCUT2D eigenvalue weighted by Gasteiger charge is 2.13. The standard InChI is InChI=1S/C20H19F2N7O/c1-11-25-15-6-5-13(12-9-16(23)28-17(24)10-12)27-20(15)29(11)7-8-30-18-4-2-3-14(26-18)19(21)22/h2-6,9-10,19H,7-8H2,1H3,(H4,23,24,28). The molecule has 0 aromatic carbocycles. The molecule has 0 atom stereocenters. The molecule has 30 heavy (non-hydrogen) atoms. The van der Waals surface area contributed by atoms with Crippen LogP contribution in [0.25, 0.3) is 22.4 Å². The van der Waals surface area contributed by atoms with Crippen LogP contribution in [0.15, 0.2) is 42.5 Å². The third-order valence-corrected chi connectivity index (χ3v) is 4.48. The van der Waals surface area contributed by atoms with E-state index in [2.05, 4.69) is 15.0 Å². The average Bonchev–Trinajstić information content (AvgIpc) is 3.02. The number of nitrogens with two attached hydrogens (primary N) is 2. The lowest BCUT2D eigenvalue weighted by Crippen LogP contribution is -2.11. The van der Waals surface area contributed by atoms with Crippen LogP contribution >= 0.6 is 0 Å². The minimum atomic E-state index is -2.65. The van der Waals surface area contributed by atoms with Crippen molar-refractivity contribution >= 4 is 22.8 Å². The largest absolute Gasteiger partial charge is 0.476 e. The van der Waals surface area contributed by atoms with Crippen LogP contribution in [0.2, 0.25) is 0 Å². The van der Waals surface area contributed by atoms with Gasteiger partial charge in [0.25, 0.3) is 6.43 Å². The number of halogens is 2. The summed E-state index contributed by atoms with van der Waals surface area (Å²) in [5.41, 5.74) is 14.1. The van der Waals surface area contributed by atoms with E-state index in [0.29, 0.717) is 29.5 Å². The smallest absolute Gasteiger partial charge is 0.280 e. The van der Waals surface area contributed by atoms with Crippen LogP contribution in [-0.4, -0.2) is 31.1 Å². The molecule has 0 aliphatic rings. The number of alkyl halides is 2. The highest BCUT2D eigenvalue weighted by molar-refractivity contribution is 5.77. The van der Waals surface area contributed by atoms with Crippen LogP contribution in [0.4, 0.5) is 20.4 Å². The van der Waals surface area contributed by atoms with Gasteiger partial charge in [0.2, 0.25) is 5.88 Å². The van der Waals surface area contributed by atoms with E-state index < -0.39 is 6.43 Å². The molecule has 0 aliphatic heterocycles. The number of imidazole rings is 1. The first kappa shape index (κ1) is 19.5. The van der Waals surface area contributed by atoms with Crippen LogP contribution in [0.3, 0.4) is 0 Å². The molecule has 4 heterocycles. The molecular formula is C20H19F2N7O. The number of aromatic nitrogens is 5. The van der Waals surface area contributed by atoms with Crippen LogP contribution in [0.5, 0.6) is 5.88 Å². The van der Waals surface area contributed by atoms with Crippen molar-refractivity contribution in [1.82, 2.24) is 24.5 Å². The fraction of sp³-hybridized carbons (Fsp3) is 0.200. The first-order chi connectivity index (χ1) is 14.4. The summed E-state index contributed by atoms with van der Waals surface area (Å²) >= 11 is 0. The number of hydrogen-bond donors (Lipinski definition) is 2. The minimum Gasteiger partial charge on any atom is -0.476 e. The molecule has 4 rings (SSSR count). The lowest BCUT2D eigenvalue weighted by molar-refractivity contribution is 0.144. The van der Waals surface area contributed by atoms with Crippen molar-refractivity contribution in [1.29, 1.82) is 0 Å². The topological polar surface area (TPSA) is 118 Å². The van der Waals surface area contributed by atoms with E-state index in [1.807, 2.05) is 23.6 Å². The molecule has 0 saturated heterocycles. The summed E-state index contributed by atoms with van der Waals surface area (Å²) in [5, 5.41) is 0. The average molecular weight is 411 g/mol. The number of anilines is 2. The van der Waals surface area contributed by atoms with Gasteiger partial charge in [0.05, 0.1) is 12.2 Å². The molecule has 0 fully saturated rings. The number of ether oxygens (including phenoxy) is 1. The van der Waals surface area contributed by atoms with E-state index in [0.717, 1.165) is 16.9 Å². The van der Waals surface area contributed by atoms with Gasteiger partial charge in [-0.3, -0.25) is 0 Å². The van der Waals surface area contributed by atoms with E-state index in [1.54, 1.807) is 18.2 Å². The van der Waals surface area contributed by atoms with Crippen molar-refractivity contribution in [2.24, 2.45) is 0 Å². The van der Waals surface area contributed by atoms with Crippen molar-refractivity contribution in [2.45, 2.75) is 19.9 Å². The monoisotopic (exact) mass is 411 g/mol. The lowest BCUT2D eigenvalue weighted by Gasteiger charge is -2.10. The first-order valence-electron chi connectivity index (χ1n) is 9.16. The Labute approximate surface area is 170 Å². The molecule has 8 nitrogen and oxygen atoms in total. The van der Waals surface area contributed by atoms with Crippen LogP contribution < -0.4 is 16.2 Å². The summed E-state index contributed by atoms with van der Waals surface area (Å²) in [6.07, 6.45) is -2.65. The Kier molecular flexibility index (Phi) is 5.13. The highest BCUT2D eigenvalue weighted by Crippen LogP contribution is 2.24. The molecule has 4 aromatic heterocycles. The van der Waals surface area contributed by atoms with Gasteiger partial charge in [-0.05, 0) is 37.3 Å². The second-order valence-electron chi connectivity index (χ2n) is 6.61. The summed E-state index contributed by atoms with van der Waals surface area (Å²) in [6, 6.07) is 11.4. The number of rotatable bonds is 6. The Morgan fingerprint density at radius 3 is 2.50 bits per heavy atom. The summed E-state index contributed by atoms with van der Waals surface area (Å²) in [7, 11) is 0. The Morgan fingerprint density at radius 1 is 1.00 bits per heavy atom. The molecule has 0 saturated carbocycles. The molecule has 4 aromatic rings. The highest BCUT2D eigenvalue weighted by atomic mass is 19.3. The first-order valence-corrected chi connectivity index (χ1v) is 9.16. The van der Waals surface area contributed by atoms with Gasteiger partial charge in [-0.25, -0.2) is 28.7 Å². The quantitative estimate of drug-likeness (QED) is 0.499. The summed E-state index contributed by atoms with van der Waals surface area (Å²) in [4.78, 5) is 17.0. The third-order valence-electron chi connectivity index (χ3n) is 4.48. The molecule has 10 heteroatoms. The zero-order chi connectivity index (χ0) is 21.3. The molecule has 154 valence electrons. The maximum Gasteiger partial charge on any atom is 0.280 e. The molecule has 0 amide bonds. The van der Waals surface area contributed by atoms with Gasteiger partial charge < -0.3 is 20.8 Å². The number of fused-ring (bicyclic) bond motifs is 1. The Morgan fingerprint density at radius 2 is 1.77 bits per heavy atom. The molecule has 0 bridgehead atoms. The molecule has 0 radical (unpaired) electrons. The van der Waals surface area contributed by atoms with Crippen molar-refractivity contribution in [3.63, 3.8) is 0 Å². The van der Waals surface area contributed by atoms with Gasteiger partial charge in [-0.15, -0.1) is 0 Å². The van der Waals surface area contributed by atoms with E-state index in [-0.39, 0.29) is 18.2 Å². The number of pyridine rings is 3. The van der Waals surface area contributed by atoms with Gasteiger partial charge in [-0.1, -0.05) is 6.07 Å². The Bertz CT molecular complexity index is 1190. The molecule has 0 unspecified atom stereocenters. The number of nitrogen functional groups attached to an aromatic ring is 2. The lowest BCUT2D eigenvalue weighted by atomic mass is 10.1. The van der Waals surface area contributed by atoms with Gasteiger partial charge in [0.1, 0.15) is 35.3 Å². The Balaban J connectivity index is 1.58. The fourth-order valence-corrected chi connectivity index (χ4v) is 3.14. The predicted molar refractivity (Wildman–Crippen MR) is 109 cm³/mol. The second-order valence-corrected chi connectivity index (χ2v) is 6.61. The summed E-state index contributed by atoms with van der Waals surface area (Å²) in [6.45, 7) is 2.49. The summed E-state index contributed by atoms with van der Waals surface area (Å²) in [5.74, 6) is 1.51.